The molecule has 1 aliphatic rings. The van der Waals surface area contributed by atoms with Crippen molar-refractivity contribution >= 4 is 33.9 Å². The molecule has 142 valence electrons. The number of hydrogen-bond donors (Lipinski definition) is 2. The van der Waals surface area contributed by atoms with E-state index in [1.54, 1.807) is 30.5 Å². The first-order chi connectivity index (χ1) is 13.0. The van der Waals surface area contributed by atoms with Crippen molar-refractivity contribution in [2.45, 2.75) is 6.92 Å². The van der Waals surface area contributed by atoms with E-state index in [2.05, 4.69) is 15.8 Å². The molecule has 1 aromatic carbocycles. The van der Waals surface area contributed by atoms with Crippen LogP contribution in [0.2, 0.25) is 0 Å². The van der Waals surface area contributed by atoms with Crippen LogP contribution in [0.25, 0.3) is 5.57 Å². The number of ether oxygens (including phenoxy) is 1. The Kier molecular flexibility index (Phi) is 6.15. The Morgan fingerprint density at radius 3 is 2.74 bits per heavy atom. The van der Waals surface area contributed by atoms with Crippen LogP contribution in [0.3, 0.4) is 0 Å². The Balaban J connectivity index is 1.56. The van der Waals surface area contributed by atoms with Crippen LogP contribution < -0.4 is 15.8 Å². The van der Waals surface area contributed by atoms with E-state index in [4.69, 9.17) is 4.74 Å². The minimum Gasteiger partial charge on any atom is -0.378 e. The fraction of sp³-hybridized carbons (Fsp3) is 0.278. The zero-order valence-electron chi connectivity index (χ0n) is 14.7. The molecule has 7 nitrogen and oxygen atoms in total. The number of thiazole rings is 1. The highest BCUT2D eigenvalue weighted by Gasteiger charge is 2.17. The lowest BCUT2D eigenvalue weighted by atomic mass is 10.1. The molecule has 27 heavy (non-hydrogen) atoms. The van der Waals surface area contributed by atoms with Crippen molar-refractivity contribution in [2.75, 3.05) is 31.2 Å². The molecule has 2 N–H and O–H groups in total. The molecule has 3 rings (SSSR count). The van der Waals surface area contributed by atoms with Crippen LogP contribution in [0.4, 0.5) is 9.52 Å². The smallest absolute Gasteiger partial charge is 0.289 e. The molecule has 0 bridgehead atoms. The van der Waals surface area contributed by atoms with Crippen molar-refractivity contribution in [3.63, 3.8) is 0 Å². The second kappa shape index (κ2) is 8.74. The Morgan fingerprint density at radius 2 is 2.00 bits per heavy atom. The molecule has 1 fully saturated rings. The van der Waals surface area contributed by atoms with E-state index in [0.29, 0.717) is 24.4 Å². The number of anilines is 1. The monoisotopic (exact) mass is 390 g/mol. The molecular weight excluding hydrogens is 371 g/mol. The molecule has 2 amide bonds. The van der Waals surface area contributed by atoms with Crippen molar-refractivity contribution in [3.05, 3.63) is 52.8 Å². The number of halogens is 1. The van der Waals surface area contributed by atoms with Crippen molar-refractivity contribution in [1.29, 1.82) is 0 Å². The van der Waals surface area contributed by atoms with Gasteiger partial charge in [0.1, 0.15) is 11.5 Å². The van der Waals surface area contributed by atoms with Crippen molar-refractivity contribution < 1.29 is 18.7 Å². The molecule has 0 aliphatic carbocycles. The number of nitrogens with one attached hydrogen (secondary N) is 2. The Bertz CT molecular complexity index is 862. The quantitative estimate of drug-likeness (QED) is 0.616. The fourth-order valence-electron chi connectivity index (χ4n) is 2.54. The van der Waals surface area contributed by atoms with Gasteiger partial charge in [0.2, 0.25) is 0 Å². The molecule has 0 unspecified atom stereocenters. The maximum absolute atomic E-state index is 13.7. The molecule has 0 saturated carbocycles. The van der Waals surface area contributed by atoms with Crippen LogP contribution in [0.5, 0.6) is 0 Å². The lowest BCUT2D eigenvalue weighted by Gasteiger charge is -2.25. The Hall–Kier alpha value is -2.78. The van der Waals surface area contributed by atoms with Crippen LogP contribution in [-0.4, -0.2) is 43.1 Å². The van der Waals surface area contributed by atoms with E-state index in [9.17, 15) is 14.0 Å². The van der Waals surface area contributed by atoms with E-state index in [1.165, 1.54) is 23.5 Å². The zero-order chi connectivity index (χ0) is 19.2. The van der Waals surface area contributed by atoms with Crippen molar-refractivity contribution in [1.82, 2.24) is 15.8 Å². The van der Waals surface area contributed by atoms with E-state index < -0.39 is 17.6 Å². The van der Waals surface area contributed by atoms with Gasteiger partial charge >= 0.3 is 0 Å². The van der Waals surface area contributed by atoms with Gasteiger partial charge in [0.05, 0.1) is 13.2 Å². The van der Waals surface area contributed by atoms with Gasteiger partial charge in [-0.2, -0.15) is 0 Å². The molecule has 2 heterocycles. The Morgan fingerprint density at radius 1 is 1.26 bits per heavy atom. The molecular formula is C18H19FN4O3S. The van der Waals surface area contributed by atoms with Gasteiger partial charge < -0.3 is 9.64 Å². The third-order valence-corrected chi connectivity index (χ3v) is 4.85. The first-order valence-corrected chi connectivity index (χ1v) is 9.24. The minimum atomic E-state index is -0.562. The predicted octanol–water partition coefficient (Wildman–Crippen LogP) is 1.98. The maximum Gasteiger partial charge on any atom is 0.289 e. The van der Waals surface area contributed by atoms with Crippen LogP contribution in [0.1, 0.15) is 23.0 Å². The van der Waals surface area contributed by atoms with Gasteiger partial charge in [-0.3, -0.25) is 20.4 Å². The molecule has 0 radical (unpaired) electrons. The lowest BCUT2D eigenvalue weighted by molar-refractivity contribution is -0.117. The summed E-state index contributed by atoms with van der Waals surface area (Å²) in [5.74, 6) is -1.50. The topological polar surface area (TPSA) is 83.6 Å². The normalized spacial score (nSPS) is 14.7. The third kappa shape index (κ3) is 4.89. The minimum absolute atomic E-state index is 0.219. The molecule has 0 atom stereocenters. The van der Waals surface area contributed by atoms with E-state index >= 15 is 0 Å². The Labute approximate surface area is 159 Å². The number of carbonyl (C=O) groups is 2. The van der Waals surface area contributed by atoms with E-state index in [0.717, 1.165) is 18.2 Å². The van der Waals surface area contributed by atoms with Crippen molar-refractivity contribution in [2.24, 2.45) is 0 Å². The highest BCUT2D eigenvalue weighted by molar-refractivity contribution is 7.13. The number of hydrazine groups is 1. The van der Waals surface area contributed by atoms with Crippen molar-refractivity contribution in [3.8, 4) is 0 Å². The number of allylic oxidation sites excluding steroid dienone is 1. The average Bonchev–Trinajstić information content (AvgIpc) is 3.17. The summed E-state index contributed by atoms with van der Waals surface area (Å²) in [4.78, 5) is 30.4. The highest BCUT2D eigenvalue weighted by Crippen LogP contribution is 2.21. The van der Waals surface area contributed by atoms with Gasteiger partial charge in [-0.05, 0) is 18.6 Å². The third-order valence-electron chi connectivity index (χ3n) is 3.95. The zero-order valence-corrected chi connectivity index (χ0v) is 15.5. The highest BCUT2D eigenvalue weighted by atomic mass is 32.1. The summed E-state index contributed by atoms with van der Waals surface area (Å²) in [6, 6.07) is 6.16. The van der Waals surface area contributed by atoms with Gasteiger partial charge in [-0.25, -0.2) is 9.37 Å². The van der Waals surface area contributed by atoms with Crippen LogP contribution in [0.15, 0.2) is 35.7 Å². The number of morpholine rings is 1. The first kappa shape index (κ1) is 19.0. The van der Waals surface area contributed by atoms with E-state index in [-0.39, 0.29) is 5.69 Å². The summed E-state index contributed by atoms with van der Waals surface area (Å²) in [7, 11) is 0. The van der Waals surface area contributed by atoms with Gasteiger partial charge in [-0.1, -0.05) is 18.2 Å². The van der Waals surface area contributed by atoms with Crippen LogP contribution >= 0.6 is 11.3 Å². The summed E-state index contributed by atoms with van der Waals surface area (Å²) in [6.45, 7) is 4.33. The number of carbonyl (C=O) groups excluding carboxylic acids is 2. The molecule has 0 spiro atoms. The molecule has 1 saturated heterocycles. The average molecular weight is 390 g/mol. The van der Waals surface area contributed by atoms with Gasteiger partial charge in [0.15, 0.2) is 5.13 Å². The summed E-state index contributed by atoms with van der Waals surface area (Å²) >= 11 is 1.36. The summed E-state index contributed by atoms with van der Waals surface area (Å²) in [5, 5.41) is 2.37. The summed E-state index contributed by atoms with van der Waals surface area (Å²) in [6.07, 6.45) is 1.22. The SMILES string of the molecule is C/C(=C/C(=O)NNC(=O)c1csc(N2CCOCC2)n1)c1ccccc1F. The number of benzene rings is 1. The molecule has 2 aromatic rings. The van der Waals surface area contributed by atoms with Gasteiger partial charge in [0, 0.05) is 30.1 Å². The molecule has 1 aromatic heterocycles. The fourth-order valence-corrected chi connectivity index (χ4v) is 3.40. The van der Waals surface area contributed by atoms with Crippen LogP contribution in [0, 0.1) is 5.82 Å². The van der Waals surface area contributed by atoms with Gasteiger partial charge in [0.25, 0.3) is 11.8 Å². The standard InChI is InChI=1S/C18H19FN4O3S/c1-12(13-4-2-3-5-14(13)19)10-16(24)21-22-17(25)15-11-27-18(20-15)23-6-8-26-9-7-23/h2-5,10-11H,6-9H2,1H3,(H,21,24)(H,22,25)/b12-10-. The summed E-state index contributed by atoms with van der Waals surface area (Å²) in [5.41, 5.74) is 5.59. The van der Waals surface area contributed by atoms with Crippen LogP contribution in [-0.2, 0) is 9.53 Å². The number of nitrogens with zero attached hydrogens (tertiary/aromatic N) is 2. The lowest BCUT2D eigenvalue weighted by Crippen LogP contribution is -2.41. The van der Waals surface area contributed by atoms with E-state index in [1.807, 2.05) is 4.90 Å². The first-order valence-electron chi connectivity index (χ1n) is 8.36. The second-order valence-electron chi connectivity index (χ2n) is 5.87. The predicted molar refractivity (Wildman–Crippen MR) is 101 cm³/mol. The molecule has 9 heteroatoms. The maximum atomic E-state index is 13.7. The number of rotatable bonds is 4. The number of amides is 2. The molecule has 1 aliphatic heterocycles. The number of aromatic nitrogens is 1. The largest absolute Gasteiger partial charge is 0.378 e. The summed E-state index contributed by atoms with van der Waals surface area (Å²) < 4.78 is 19.0. The van der Waals surface area contributed by atoms with Gasteiger partial charge in [-0.15, -0.1) is 11.3 Å². The number of hydrogen-bond acceptors (Lipinski definition) is 6. The second-order valence-corrected chi connectivity index (χ2v) is 6.70.